The van der Waals surface area contributed by atoms with Crippen LogP contribution in [-0.2, 0) is 16.0 Å². The average Bonchev–Trinajstić information content (AvgIpc) is 2.90. The second-order valence-electron chi connectivity index (χ2n) is 6.85. The number of fused-ring (bicyclic) bond motifs is 1. The van der Waals surface area contributed by atoms with E-state index in [4.69, 9.17) is 16.3 Å². The van der Waals surface area contributed by atoms with E-state index < -0.39 is 29.3 Å². The molecule has 8 heteroatoms. The number of nitrogens with zero attached hydrogens (tertiary/aromatic N) is 1. The molecule has 0 amide bonds. The van der Waals surface area contributed by atoms with Crippen LogP contribution in [0.25, 0.3) is 10.9 Å². The monoisotopic (exact) mass is 421 g/mol. The zero-order valence-electron chi connectivity index (χ0n) is 15.9. The summed E-state index contributed by atoms with van der Waals surface area (Å²) in [5.74, 6) is -4.86. The summed E-state index contributed by atoms with van der Waals surface area (Å²) in [4.78, 5) is 25.3. The third-order valence-electron chi connectivity index (χ3n) is 4.45. The number of carbonyl (C=O) groups is 2. The molecule has 0 aliphatic carbocycles. The molecule has 3 aromatic rings. The van der Waals surface area contributed by atoms with Gasteiger partial charge in [-0.05, 0) is 44.5 Å². The van der Waals surface area contributed by atoms with E-state index in [1.165, 1.54) is 19.1 Å². The predicted molar refractivity (Wildman–Crippen MR) is 104 cm³/mol. The van der Waals surface area contributed by atoms with Crippen LogP contribution in [-0.4, -0.2) is 27.7 Å². The molecule has 1 heterocycles. The van der Waals surface area contributed by atoms with E-state index in [9.17, 15) is 23.5 Å². The fraction of sp³-hybridized carbons (Fsp3) is 0.238. The van der Waals surface area contributed by atoms with E-state index in [2.05, 4.69) is 0 Å². The van der Waals surface area contributed by atoms with Gasteiger partial charge in [-0.25, -0.2) is 8.78 Å². The molecule has 0 aliphatic heterocycles. The van der Waals surface area contributed by atoms with Crippen molar-refractivity contribution in [2.75, 3.05) is 0 Å². The van der Waals surface area contributed by atoms with Crippen LogP contribution in [0.1, 0.15) is 35.5 Å². The first-order chi connectivity index (χ1) is 13.6. The molecule has 152 valence electrons. The number of esters is 1. The number of aromatic hydroxyl groups is 1. The van der Waals surface area contributed by atoms with Crippen molar-refractivity contribution in [3.8, 4) is 5.75 Å². The molecule has 3 rings (SSSR count). The summed E-state index contributed by atoms with van der Waals surface area (Å²) in [5.41, 5.74) is 0.457. The van der Waals surface area contributed by atoms with Gasteiger partial charge in [0.05, 0.1) is 18.0 Å². The summed E-state index contributed by atoms with van der Waals surface area (Å²) < 4.78 is 35.0. The number of hydrogen-bond donors (Lipinski definition) is 1. The van der Waals surface area contributed by atoms with Crippen LogP contribution in [0.2, 0.25) is 5.02 Å². The van der Waals surface area contributed by atoms with E-state index in [-0.39, 0.29) is 40.2 Å². The number of benzene rings is 2. The number of ether oxygens (including phenoxy) is 1. The molecule has 0 saturated carbocycles. The Morgan fingerprint density at radius 1 is 1.24 bits per heavy atom. The van der Waals surface area contributed by atoms with Gasteiger partial charge in [0.15, 0.2) is 17.4 Å². The summed E-state index contributed by atoms with van der Waals surface area (Å²) in [6.07, 6.45) is -0.738. The standard InChI is InChI=1S/C21H18ClF2NO4/c1-10(2)29-17(26)8-14-11(3)25(21(28)12-5-4-6-13(22)7-12)16-9-15(23)20(27)19(24)18(14)16/h4-7,9-10,27H,8H2,1-3H3. The minimum absolute atomic E-state index is 0.104. The number of phenols is 1. The Morgan fingerprint density at radius 2 is 1.93 bits per heavy atom. The van der Waals surface area contributed by atoms with E-state index >= 15 is 0 Å². The maximum atomic E-state index is 14.8. The highest BCUT2D eigenvalue weighted by molar-refractivity contribution is 6.31. The van der Waals surface area contributed by atoms with Crippen LogP contribution in [0.15, 0.2) is 30.3 Å². The summed E-state index contributed by atoms with van der Waals surface area (Å²) >= 11 is 5.95. The zero-order chi connectivity index (χ0) is 21.5. The van der Waals surface area contributed by atoms with Crippen molar-refractivity contribution in [2.45, 2.75) is 33.3 Å². The highest BCUT2D eigenvalue weighted by Gasteiger charge is 2.27. The number of carbonyl (C=O) groups excluding carboxylic acids is 2. The largest absolute Gasteiger partial charge is 0.503 e. The van der Waals surface area contributed by atoms with Gasteiger partial charge in [0.1, 0.15) is 0 Å². The van der Waals surface area contributed by atoms with Crippen LogP contribution in [0, 0.1) is 18.6 Å². The van der Waals surface area contributed by atoms with Gasteiger partial charge in [0, 0.05) is 27.7 Å². The van der Waals surface area contributed by atoms with Gasteiger partial charge in [-0.15, -0.1) is 0 Å². The molecule has 0 unspecified atom stereocenters. The first-order valence-electron chi connectivity index (χ1n) is 8.82. The highest BCUT2D eigenvalue weighted by Crippen LogP contribution is 2.35. The minimum Gasteiger partial charge on any atom is -0.503 e. The van der Waals surface area contributed by atoms with Crippen molar-refractivity contribution in [1.29, 1.82) is 0 Å². The first-order valence-corrected chi connectivity index (χ1v) is 9.20. The predicted octanol–water partition coefficient (Wildman–Crippen LogP) is 4.77. The Hall–Kier alpha value is -2.93. The number of aromatic nitrogens is 1. The normalized spacial score (nSPS) is 11.3. The summed E-state index contributed by atoms with van der Waals surface area (Å²) in [5, 5.41) is 9.83. The van der Waals surface area contributed by atoms with Gasteiger partial charge in [0.25, 0.3) is 5.91 Å². The van der Waals surface area contributed by atoms with Crippen molar-refractivity contribution < 1.29 is 28.2 Å². The Morgan fingerprint density at radius 3 is 2.55 bits per heavy atom. The minimum atomic E-state index is -1.24. The average molecular weight is 422 g/mol. The molecule has 0 spiro atoms. The molecule has 1 N–H and O–H groups in total. The Labute approximate surface area is 170 Å². The molecular weight excluding hydrogens is 404 g/mol. The number of phenolic OH excluding ortho intramolecular Hbond substituents is 1. The van der Waals surface area contributed by atoms with Gasteiger partial charge in [0.2, 0.25) is 0 Å². The zero-order valence-corrected chi connectivity index (χ0v) is 16.7. The molecule has 0 aliphatic rings. The molecule has 0 atom stereocenters. The maximum Gasteiger partial charge on any atom is 0.310 e. The topological polar surface area (TPSA) is 68.5 Å². The van der Waals surface area contributed by atoms with Crippen LogP contribution in [0.3, 0.4) is 0 Å². The molecule has 0 saturated heterocycles. The lowest BCUT2D eigenvalue weighted by Crippen LogP contribution is -2.16. The summed E-state index contributed by atoms with van der Waals surface area (Å²) in [6.45, 7) is 4.84. The lowest BCUT2D eigenvalue weighted by atomic mass is 10.1. The molecule has 29 heavy (non-hydrogen) atoms. The lowest BCUT2D eigenvalue weighted by Gasteiger charge is -2.09. The molecule has 2 aromatic carbocycles. The van der Waals surface area contributed by atoms with Crippen LogP contribution in [0.4, 0.5) is 8.78 Å². The smallest absolute Gasteiger partial charge is 0.310 e. The van der Waals surface area contributed by atoms with E-state index in [0.717, 1.165) is 10.6 Å². The Balaban J connectivity index is 2.26. The van der Waals surface area contributed by atoms with Crippen molar-refractivity contribution in [3.05, 3.63) is 63.8 Å². The maximum absolute atomic E-state index is 14.8. The Kier molecular flexibility index (Phi) is 5.61. The molecule has 5 nitrogen and oxygen atoms in total. The second-order valence-corrected chi connectivity index (χ2v) is 7.28. The fourth-order valence-corrected chi connectivity index (χ4v) is 3.42. The highest BCUT2D eigenvalue weighted by atomic mass is 35.5. The van der Waals surface area contributed by atoms with Crippen molar-refractivity contribution in [2.24, 2.45) is 0 Å². The van der Waals surface area contributed by atoms with E-state index in [0.29, 0.717) is 5.02 Å². The van der Waals surface area contributed by atoms with Gasteiger partial charge in [-0.2, -0.15) is 0 Å². The van der Waals surface area contributed by atoms with Gasteiger partial charge < -0.3 is 9.84 Å². The molecule has 1 aromatic heterocycles. The fourth-order valence-electron chi connectivity index (χ4n) is 3.23. The number of rotatable bonds is 4. The van der Waals surface area contributed by atoms with E-state index in [1.54, 1.807) is 26.0 Å². The third-order valence-corrected chi connectivity index (χ3v) is 4.69. The van der Waals surface area contributed by atoms with Gasteiger partial charge in [-0.1, -0.05) is 17.7 Å². The van der Waals surface area contributed by atoms with Crippen molar-refractivity contribution >= 4 is 34.4 Å². The summed E-state index contributed by atoms with van der Waals surface area (Å²) in [6, 6.07) is 6.96. The molecule has 0 fully saturated rings. The van der Waals surface area contributed by atoms with E-state index in [1.807, 2.05) is 0 Å². The van der Waals surface area contributed by atoms with Crippen molar-refractivity contribution in [3.63, 3.8) is 0 Å². The first kappa shape index (κ1) is 20.8. The second kappa shape index (κ2) is 7.83. The molecular formula is C21H18ClF2NO4. The van der Waals surface area contributed by atoms with Gasteiger partial charge in [-0.3, -0.25) is 14.2 Å². The Bertz CT molecular complexity index is 1140. The molecule has 0 bridgehead atoms. The van der Waals surface area contributed by atoms with Gasteiger partial charge >= 0.3 is 5.97 Å². The van der Waals surface area contributed by atoms with Crippen molar-refractivity contribution in [1.82, 2.24) is 4.57 Å². The third kappa shape index (κ3) is 3.82. The van der Waals surface area contributed by atoms with Crippen LogP contribution >= 0.6 is 11.6 Å². The van der Waals surface area contributed by atoms with Crippen LogP contribution in [0.5, 0.6) is 5.75 Å². The number of hydrogen-bond acceptors (Lipinski definition) is 4. The lowest BCUT2D eigenvalue weighted by molar-refractivity contribution is -0.146. The summed E-state index contributed by atoms with van der Waals surface area (Å²) in [7, 11) is 0. The van der Waals surface area contributed by atoms with Crippen LogP contribution < -0.4 is 0 Å². The number of halogens is 3. The quantitative estimate of drug-likeness (QED) is 0.616. The molecule has 0 radical (unpaired) electrons. The SMILES string of the molecule is Cc1c(CC(=O)OC(C)C)c2c(F)c(O)c(F)cc2n1C(=O)c1cccc(Cl)c1.